The Kier molecular flexibility index (Phi) is 5.93. The fourth-order valence-corrected chi connectivity index (χ4v) is 2.99. The number of hydrogen-bond donors (Lipinski definition) is 0. The van der Waals surface area contributed by atoms with Gasteiger partial charge >= 0.3 is 0 Å². The van der Waals surface area contributed by atoms with Crippen molar-refractivity contribution in [3.63, 3.8) is 0 Å². The molecule has 0 unspecified atom stereocenters. The van der Waals surface area contributed by atoms with Crippen LogP contribution in [0.4, 0.5) is 0 Å². The molecule has 0 amide bonds. The fraction of sp³-hybridized carbons (Fsp3) is 0.429. The van der Waals surface area contributed by atoms with Gasteiger partial charge in [-0.1, -0.05) is 0 Å². The van der Waals surface area contributed by atoms with Crippen LogP contribution in [-0.4, -0.2) is 33.0 Å². The van der Waals surface area contributed by atoms with Crippen molar-refractivity contribution in [3.8, 4) is 0 Å². The molecule has 0 aromatic heterocycles. The fourth-order valence-electron chi connectivity index (χ4n) is 0.613. The summed E-state index contributed by atoms with van der Waals surface area (Å²) < 4.78 is 31.0. The zero-order valence-electron chi connectivity index (χ0n) is 8.21. The van der Waals surface area contributed by atoms with E-state index in [1.54, 1.807) is 0 Å². The molecule has 0 atom stereocenters. The van der Waals surface area contributed by atoms with Crippen LogP contribution in [0.25, 0.3) is 0 Å². The number of allylic oxidation sites excluding steroid dienone is 2. The molecule has 0 saturated heterocycles. The molecule has 1 rings (SSSR count). The normalized spacial score (nSPS) is 17.7. The van der Waals surface area contributed by atoms with Crippen LogP contribution >= 0.6 is 17.8 Å². The van der Waals surface area contributed by atoms with Gasteiger partial charge in [0.2, 0.25) is 10.4 Å². The highest BCUT2D eigenvalue weighted by Gasteiger charge is 2.26. The Balaban J connectivity index is 0.000000255. The van der Waals surface area contributed by atoms with Gasteiger partial charge in [-0.15, -0.1) is 0 Å². The van der Waals surface area contributed by atoms with Crippen LogP contribution < -0.4 is 0 Å². The first kappa shape index (κ1) is 14.1. The van der Waals surface area contributed by atoms with Crippen molar-refractivity contribution in [2.24, 2.45) is 0 Å². The molecule has 0 aromatic carbocycles. The van der Waals surface area contributed by atoms with E-state index < -0.39 is 16.9 Å². The average molecular weight is 256 g/mol. The third kappa shape index (κ3) is 6.56. The van der Waals surface area contributed by atoms with Crippen molar-refractivity contribution < 1.29 is 17.2 Å². The summed E-state index contributed by atoms with van der Waals surface area (Å²) in [5.74, 6) is 4.63. The van der Waals surface area contributed by atoms with Gasteiger partial charge in [0.25, 0.3) is 0 Å². The second-order valence-electron chi connectivity index (χ2n) is 2.50. The van der Waals surface area contributed by atoms with E-state index in [9.17, 15) is 13.0 Å². The summed E-state index contributed by atoms with van der Waals surface area (Å²) in [6.45, 7) is 1.57. The molecule has 1 heterocycles. The molecule has 0 aromatic rings. The Labute approximate surface area is 89.5 Å². The molecule has 7 heteroatoms. The summed E-state index contributed by atoms with van der Waals surface area (Å²) in [7, 11) is -3.60. The van der Waals surface area contributed by atoms with E-state index in [0.29, 0.717) is 0 Å². The van der Waals surface area contributed by atoms with Crippen molar-refractivity contribution in [1.29, 1.82) is 0 Å². The van der Waals surface area contributed by atoms with Gasteiger partial charge in [-0.25, -0.2) is 8.42 Å². The average Bonchev–Trinajstić information content (AvgIpc) is 2.53. The van der Waals surface area contributed by atoms with Crippen molar-refractivity contribution in [3.05, 3.63) is 23.8 Å². The van der Waals surface area contributed by atoms with Gasteiger partial charge < -0.3 is 4.55 Å². The van der Waals surface area contributed by atoms with Crippen molar-refractivity contribution in [1.82, 2.24) is 0 Å². The lowest BCUT2D eigenvalue weighted by Gasteiger charge is -2.03. The number of hydrogen-bond acceptors (Lipinski definition) is 5. The molecular formula is C7H13O4PS2. The van der Waals surface area contributed by atoms with E-state index >= 15 is 0 Å². The summed E-state index contributed by atoms with van der Waals surface area (Å²) in [5.41, 5.74) is 0. The van der Waals surface area contributed by atoms with E-state index in [2.05, 4.69) is 40.9 Å². The Morgan fingerprint density at radius 1 is 1.36 bits per heavy atom. The van der Waals surface area contributed by atoms with E-state index in [0.717, 1.165) is 7.11 Å². The van der Waals surface area contributed by atoms with Gasteiger partial charge in [-0.3, -0.25) is 4.18 Å². The quantitative estimate of drug-likeness (QED) is 0.429. The minimum absolute atomic E-state index is 0.745. The highest BCUT2D eigenvalue weighted by atomic mass is 32.7. The molecule has 1 aliphatic heterocycles. The predicted molar refractivity (Wildman–Crippen MR) is 61.3 cm³/mol. The van der Waals surface area contributed by atoms with Crippen LogP contribution in [-0.2, 0) is 14.6 Å². The van der Waals surface area contributed by atoms with Gasteiger partial charge in [0.15, 0.2) is 0 Å². The van der Waals surface area contributed by atoms with Crippen LogP contribution in [0.5, 0.6) is 0 Å². The maximum atomic E-state index is 9.22. The van der Waals surface area contributed by atoms with Crippen LogP contribution in [0.2, 0.25) is 0 Å². The Morgan fingerprint density at radius 2 is 1.71 bits per heavy atom. The Morgan fingerprint density at radius 3 is 1.86 bits per heavy atom. The molecule has 1 aliphatic rings. The molecule has 0 spiro atoms. The van der Waals surface area contributed by atoms with Gasteiger partial charge in [0.1, 0.15) is 6.46 Å². The van der Waals surface area contributed by atoms with E-state index in [1.807, 2.05) is 11.4 Å². The van der Waals surface area contributed by atoms with Crippen LogP contribution in [0.1, 0.15) is 0 Å². The largest absolute Gasteiger partial charge is 0.726 e. The standard InChI is InChI=1S/C6H10PS.CH4O4S/c1-7(8-2)5-3-4-6-7;1-5-6(2,3)4/h3-6H,1-2H3;1H3,(H,2,3,4)/q+1;/p-1. The van der Waals surface area contributed by atoms with E-state index in [4.69, 9.17) is 0 Å². The molecule has 0 aliphatic carbocycles. The van der Waals surface area contributed by atoms with Crippen molar-refractivity contribution >= 4 is 28.2 Å². The van der Waals surface area contributed by atoms with E-state index in [-0.39, 0.29) is 0 Å². The summed E-state index contributed by atoms with van der Waals surface area (Å²) in [5, 5.41) is 0. The molecule has 0 fully saturated rings. The topological polar surface area (TPSA) is 66.4 Å². The molecule has 82 valence electrons. The van der Waals surface area contributed by atoms with Crippen molar-refractivity contribution in [2.75, 3.05) is 20.0 Å². The van der Waals surface area contributed by atoms with Crippen LogP contribution in [0, 0.1) is 0 Å². The third-order valence-corrected chi connectivity index (χ3v) is 7.29. The highest BCUT2D eigenvalue weighted by Crippen LogP contribution is 2.70. The van der Waals surface area contributed by atoms with E-state index in [1.165, 1.54) is 0 Å². The minimum Gasteiger partial charge on any atom is -0.726 e. The van der Waals surface area contributed by atoms with Gasteiger partial charge in [0, 0.05) is 17.6 Å². The Hall–Kier alpha value is 0.130. The second-order valence-corrected chi connectivity index (χ2v) is 10.2. The van der Waals surface area contributed by atoms with Gasteiger partial charge in [-0.2, -0.15) is 0 Å². The lowest BCUT2D eigenvalue weighted by atomic mass is 10.6. The molecular weight excluding hydrogens is 243 g/mol. The SMILES string of the molecule is COS(=O)(=O)[O-].CS[P+]1(C)C=CC=C1. The second kappa shape index (κ2) is 5.88. The molecule has 0 saturated carbocycles. The molecule has 14 heavy (non-hydrogen) atoms. The zero-order chi connectivity index (χ0) is 11.2. The molecule has 0 N–H and O–H groups in total. The maximum absolute atomic E-state index is 9.22. The summed E-state index contributed by atoms with van der Waals surface area (Å²) in [6, 6.07) is 0. The minimum atomic E-state index is -4.41. The maximum Gasteiger partial charge on any atom is 0.217 e. The summed E-state index contributed by atoms with van der Waals surface area (Å²) >= 11 is 1.97. The van der Waals surface area contributed by atoms with Gasteiger partial charge in [-0.05, 0) is 12.2 Å². The number of rotatable bonds is 2. The smallest absolute Gasteiger partial charge is 0.217 e. The highest BCUT2D eigenvalue weighted by molar-refractivity contribution is 8.64. The molecule has 0 radical (unpaired) electrons. The lowest BCUT2D eigenvalue weighted by molar-refractivity contribution is 0.314. The van der Waals surface area contributed by atoms with Crippen molar-refractivity contribution in [2.45, 2.75) is 0 Å². The first-order valence-corrected chi connectivity index (χ1v) is 9.17. The molecule has 4 nitrogen and oxygen atoms in total. The lowest BCUT2D eigenvalue weighted by Crippen LogP contribution is -1.97. The van der Waals surface area contributed by atoms with Gasteiger partial charge in [0.05, 0.1) is 25.4 Å². The third-order valence-electron chi connectivity index (χ3n) is 1.47. The zero-order valence-corrected chi connectivity index (χ0v) is 10.7. The van der Waals surface area contributed by atoms with Crippen LogP contribution in [0.15, 0.2) is 23.8 Å². The summed E-state index contributed by atoms with van der Waals surface area (Å²) in [4.78, 5) is 0. The Bertz CT molecular complexity index is 309. The van der Waals surface area contributed by atoms with Crippen LogP contribution in [0.3, 0.4) is 0 Å². The predicted octanol–water partition coefficient (Wildman–Crippen LogP) is 2.05. The monoisotopic (exact) mass is 256 g/mol. The first-order valence-electron chi connectivity index (χ1n) is 3.63. The summed E-state index contributed by atoms with van der Waals surface area (Å²) in [6.07, 6.45) is 6.46. The molecule has 0 bridgehead atoms. The first-order chi connectivity index (χ1) is 6.33.